The third-order valence-corrected chi connectivity index (χ3v) is 4.92. The molecule has 0 radical (unpaired) electrons. The van der Waals surface area contributed by atoms with Crippen LogP contribution in [0.5, 0.6) is 0 Å². The van der Waals surface area contributed by atoms with Crippen molar-refractivity contribution in [3.63, 3.8) is 0 Å². The minimum atomic E-state index is -0.422. The highest BCUT2D eigenvalue weighted by molar-refractivity contribution is 6.22. The maximum atomic E-state index is 12.8. The van der Waals surface area contributed by atoms with Crippen molar-refractivity contribution in [2.45, 2.75) is 40.2 Å². The van der Waals surface area contributed by atoms with E-state index in [-0.39, 0.29) is 34.9 Å². The Morgan fingerprint density at radius 2 is 1.88 bits per heavy atom. The van der Waals surface area contributed by atoms with Crippen molar-refractivity contribution < 1.29 is 18.9 Å². The van der Waals surface area contributed by atoms with Gasteiger partial charge in [0, 0.05) is 17.7 Å². The van der Waals surface area contributed by atoms with Crippen LogP contribution in [0.1, 0.15) is 64.0 Å². The fourth-order valence-electron chi connectivity index (χ4n) is 2.98. The van der Waals surface area contributed by atoms with E-state index in [2.05, 4.69) is 10.5 Å². The zero-order chi connectivity index (χ0) is 19.0. The molecule has 1 aromatic heterocycles. The first-order valence-electron chi connectivity index (χ1n) is 8.60. The quantitative estimate of drug-likeness (QED) is 0.831. The molecular weight excluding hydrogens is 334 g/mol. The number of benzene rings is 1. The van der Waals surface area contributed by atoms with Crippen LogP contribution in [-0.4, -0.2) is 33.8 Å². The molecule has 1 aliphatic heterocycles. The number of nitrogens with one attached hydrogen (secondary N) is 1. The van der Waals surface area contributed by atoms with E-state index in [1.807, 2.05) is 20.8 Å². The van der Waals surface area contributed by atoms with Gasteiger partial charge in [0.1, 0.15) is 5.76 Å². The maximum Gasteiger partial charge on any atom is 0.261 e. The fourth-order valence-corrected chi connectivity index (χ4v) is 2.98. The number of carbonyl (C=O) groups excluding carboxylic acids is 3. The number of aromatic nitrogens is 1. The van der Waals surface area contributed by atoms with E-state index < -0.39 is 5.91 Å². The van der Waals surface area contributed by atoms with E-state index in [4.69, 9.17) is 4.52 Å². The van der Waals surface area contributed by atoms with Crippen molar-refractivity contribution in [1.29, 1.82) is 0 Å². The van der Waals surface area contributed by atoms with Gasteiger partial charge in [-0.25, -0.2) is 0 Å². The first-order chi connectivity index (χ1) is 12.3. The lowest BCUT2D eigenvalue weighted by Crippen LogP contribution is -2.41. The second-order valence-corrected chi connectivity index (χ2v) is 6.64. The number of hydrogen-bond donors (Lipinski definition) is 1. The van der Waals surface area contributed by atoms with Crippen LogP contribution >= 0.6 is 0 Å². The predicted molar refractivity (Wildman–Crippen MR) is 95.1 cm³/mol. The summed E-state index contributed by atoms with van der Waals surface area (Å²) in [6.07, 6.45) is 0.860. The van der Waals surface area contributed by atoms with Gasteiger partial charge in [-0.3, -0.25) is 19.3 Å². The number of amides is 3. The molecule has 0 saturated carbocycles. The number of anilines is 1. The number of imide groups is 1. The van der Waals surface area contributed by atoms with Gasteiger partial charge in [0.05, 0.1) is 11.1 Å². The van der Waals surface area contributed by atoms with Crippen molar-refractivity contribution in [3.8, 4) is 0 Å². The van der Waals surface area contributed by atoms with E-state index >= 15 is 0 Å². The molecule has 0 saturated heterocycles. The number of carbonyl (C=O) groups is 3. The molecule has 0 fully saturated rings. The van der Waals surface area contributed by atoms with Crippen molar-refractivity contribution in [2.24, 2.45) is 5.92 Å². The fraction of sp³-hybridized carbons (Fsp3) is 0.368. The first-order valence-corrected chi connectivity index (χ1v) is 8.60. The van der Waals surface area contributed by atoms with Crippen LogP contribution in [0.15, 0.2) is 28.8 Å². The lowest BCUT2D eigenvalue weighted by Gasteiger charge is -2.27. The van der Waals surface area contributed by atoms with Crippen molar-refractivity contribution in [1.82, 2.24) is 10.1 Å². The van der Waals surface area contributed by atoms with Gasteiger partial charge in [-0.05, 0) is 38.0 Å². The summed E-state index contributed by atoms with van der Waals surface area (Å²) in [6, 6.07) is 5.91. The van der Waals surface area contributed by atoms with Gasteiger partial charge < -0.3 is 9.84 Å². The van der Waals surface area contributed by atoms with E-state index in [1.54, 1.807) is 13.0 Å². The second-order valence-electron chi connectivity index (χ2n) is 6.64. The highest BCUT2D eigenvalue weighted by Gasteiger charge is 2.40. The molecule has 0 aliphatic carbocycles. The Bertz CT molecular complexity index is 887. The molecule has 0 bridgehead atoms. The molecule has 136 valence electrons. The van der Waals surface area contributed by atoms with Crippen LogP contribution in [-0.2, 0) is 0 Å². The molecule has 3 rings (SSSR count). The summed E-state index contributed by atoms with van der Waals surface area (Å²) in [5.74, 6) is -0.0288. The van der Waals surface area contributed by atoms with Gasteiger partial charge in [-0.2, -0.15) is 0 Å². The zero-order valence-corrected chi connectivity index (χ0v) is 15.2. The largest absolute Gasteiger partial charge is 0.360 e. The Hall–Kier alpha value is -2.96. The average Bonchev–Trinajstić information content (AvgIpc) is 3.14. The smallest absolute Gasteiger partial charge is 0.261 e. The summed E-state index contributed by atoms with van der Waals surface area (Å²) in [5, 5.41) is 6.31. The number of fused-ring (bicyclic) bond motifs is 1. The van der Waals surface area contributed by atoms with Crippen LogP contribution < -0.4 is 5.32 Å². The molecule has 3 amide bonds. The Morgan fingerprint density at radius 3 is 2.50 bits per heavy atom. The normalized spacial score (nSPS) is 15.8. The molecule has 2 aromatic rings. The molecule has 1 aliphatic rings. The molecule has 2 atom stereocenters. The molecule has 0 spiro atoms. The average molecular weight is 355 g/mol. The molecule has 1 N–H and O–H groups in total. The summed E-state index contributed by atoms with van der Waals surface area (Å²) in [6.45, 7) is 7.62. The van der Waals surface area contributed by atoms with Crippen molar-refractivity contribution in [3.05, 3.63) is 46.7 Å². The molecule has 1 aromatic carbocycles. The third kappa shape index (κ3) is 3.00. The SMILES string of the molecule is CCC(C)C(C)N1C(=O)c2ccc(C(=O)Nc3cc(C)on3)cc2C1=O. The molecule has 2 heterocycles. The molecule has 26 heavy (non-hydrogen) atoms. The number of aryl methyl sites for hydroxylation is 1. The van der Waals surface area contributed by atoms with E-state index in [0.717, 1.165) is 6.42 Å². The minimum absolute atomic E-state index is 0.190. The Morgan fingerprint density at radius 1 is 1.19 bits per heavy atom. The maximum absolute atomic E-state index is 12.8. The van der Waals surface area contributed by atoms with Crippen LogP contribution in [0, 0.1) is 12.8 Å². The summed E-state index contributed by atoms with van der Waals surface area (Å²) < 4.78 is 4.91. The molecule has 7 nitrogen and oxygen atoms in total. The monoisotopic (exact) mass is 355 g/mol. The highest BCUT2D eigenvalue weighted by atomic mass is 16.5. The summed E-state index contributed by atoms with van der Waals surface area (Å²) in [5.41, 5.74) is 0.872. The molecular formula is C19H21N3O4. The minimum Gasteiger partial charge on any atom is -0.360 e. The Balaban J connectivity index is 1.86. The lowest BCUT2D eigenvalue weighted by molar-refractivity contribution is 0.0550. The van der Waals surface area contributed by atoms with Gasteiger partial charge >= 0.3 is 0 Å². The van der Waals surface area contributed by atoms with Gasteiger partial charge in [0.15, 0.2) is 5.82 Å². The zero-order valence-electron chi connectivity index (χ0n) is 15.2. The van der Waals surface area contributed by atoms with Gasteiger partial charge in [0.2, 0.25) is 0 Å². The summed E-state index contributed by atoms with van der Waals surface area (Å²) >= 11 is 0. The topological polar surface area (TPSA) is 92.5 Å². The Kier molecular flexibility index (Phi) is 4.63. The number of rotatable bonds is 5. The first kappa shape index (κ1) is 17.8. The van der Waals surface area contributed by atoms with E-state index in [1.165, 1.54) is 23.1 Å². The summed E-state index contributed by atoms with van der Waals surface area (Å²) in [4.78, 5) is 39.0. The third-order valence-electron chi connectivity index (χ3n) is 4.92. The van der Waals surface area contributed by atoms with Gasteiger partial charge in [0.25, 0.3) is 17.7 Å². The van der Waals surface area contributed by atoms with E-state index in [0.29, 0.717) is 17.1 Å². The second kappa shape index (κ2) is 6.74. The van der Waals surface area contributed by atoms with Crippen LogP contribution in [0.2, 0.25) is 0 Å². The van der Waals surface area contributed by atoms with Gasteiger partial charge in [-0.15, -0.1) is 0 Å². The molecule has 2 unspecified atom stereocenters. The standard InChI is InChI=1S/C19H21N3O4/c1-5-10(2)12(4)22-18(24)14-7-6-13(9-15(14)19(22)25)17(23)20-16-8-11(3)26-21-16/h6-10,12H,5H2,1-4H3,(H,20,21,23). The highest BCUT2D eigenvalue weighted by Crippen LogP contribution is 2.29. The van der Waals surface area contributed by atoms with Crippen LogP contribution in [0.4, 0.5) is 5.82 Å². The molecule has 7 heteroatoms. The van der Waals surface area contributed by atoms with Crippen LogP contribution in [0.3, 0.4) is 0 Å². The predicted octanol–water partition coefficient (Wildman–Crippen LogP) is 3.27. The van der Waals surface area contributed by atoms with E-state index in [9.17, 15) is 14.4 Å². The van der Waals surface area contributed by atoms with Gasteiger partial charge in [-0.1, -0.05) is 25.4 Å². The number of hydrogen-bond acceptors (Lipinski definition) is 5. The van der Waals surface area contributed by atoms with Crippen molar-refractivity contribution >= 4 is 23.5 Å². The Labute approximate surface area is 151 Å². The summed E-state index contributed by atoms with van der Waals surface area (Å²) in [7, 11) is 0. The number of nitrogens with zero attached hydrogens (tertiary/aromatic N) is 2. The lowest BCUT2D eigenvalue weighted by atomic mass is 9.99. The van der Waals surface area contributed by atoms with Crippen molar-refractivity contribution in [2.75, 3.05) is 5.32 Å². The van der Waals surface area contributed by atoms with Crippen LogP contribution in [0.25, 0.3) is 0 Å².